The molecule has 0 amide bonds. The van der Waals surface area contributed by atoms with Crippen LogP contribution in [0.5, 0.6) is 11.7 Å². The molecular formula is C15H21N3O4. The summed E-state index contributed by atoms with van der Waals surface area (Å²) < 4.78 is 16.6. The lowest BCUT2D eigenvalue weighted by atomic mass is 10.3. The first kappa shape index (κ1) is 16.3. The fourth-order valence-electron chi connectivity index (χ4n) is 1.99. The Hall–Kier alpha value is -2.12. The van der Waals surface area contributed by atoms with E-state index < -0.39 is 5.95 Å². The van der Waals surface area contributed by atoms with Crippen molar-refractivity contribution in [2.24, 2.45) is 0 Å². The van der Waals surface area contributed by atoms with Crippen LogP contribution in [0.3, 0.4) is 0 Å². The molecule has 0 atom stereocenters. The molecule has 2 aromatic rings. The van der Waals surface area contributed by atoms with E-state index in [2.05, 4.69) is 10.6 Å². The first-order valence-electron chi connectivity index (χ1n) is 7.27. The lowest BCUT2D eigenvalue weighted by Gasteiger charge is -2.03. The normalized spacial score (nSPS) is 10.8. The van der Waals surface area contributed by atoms with Gasteiger partial charge in [-0.05, 0) is 36.7 Å². The van der Waals surface area contributed by atoms with Gasteiger partial charge in [-0.1, -0.05) is 0 Å². The molecule has 0 fully saturated rings. The van der Waals surface area contributed by atoms with Crippen LogP contribution in [0.15, 0.2) is 28.8 Å². The number of hydrogen-bond donors (Lipinski definition) is 1. The Morgan fingerprint density at radius 3 is 2.77 bits per heavy atom. The number of nitrogens with zero attached hydrogens (tertiary/aromatic N) is 2. The van der Waals surface area contributed by atoms with Gasteiger partial charge >= 0.3 is 0 Å². The van der Waals surface area contributed by atoms with Gasteiger partial charge in [0, 0.05) is 25.3 Å². The van der Waals surface area contributed by atoms with Crippen LogP contribution in [0, 0.1) is 0 Å². The van der Waals surface area contributed by atoms with Gasteiger partial charge in [0.1, 0.15) is 5.75 Å². The van der Waals surface area contributed by atoms with E-state index in [0.717, 1.165) is 24.4 Å². The predicted octanol–water partition coefficient (Wildman–Crippen LogP) is 0.550. The molecule has 0 radical (unpaired) electrons. The Morgan fingerprint density at radius 1 is 1.32 bits per heavy atom. The number of rotatable bonds is 9. The molecule has 7 heteroatoms. The highest BCUT2D eigenvalue weighted by atomic mass is 16.6. The van der Waals surface area contributed by atoms with Crippen molar-refractivity contribution < 1.29 is 23.8 Å². The molecular weight excluding hydrogens is 286 g/mol. The average molecular weight is 307 g/mol. The lowest BCUT2D eigenvalue weighted by molar-refractivity contribution is -0.677. The maximum atomic E-state index is 11.8. The Bertz CT molecular complexity index is 569. The van der Waals surface area contributed by atoms with Crippen LogP contribution in [-0.4, -0.2) is 32.1 Å². The fraction of sp³-hybridized carbons (Fsp3) is 0.467. The highest BCUT2D eigenvalue weighted by Gasteiger charge is 2.19. The van der Waals surface area contributed by atoms with E-state index in [1.165, 1.54) is 4.68 Å². The maximum Gasteiger partial charge on any atom is 0.253 e. The molecule has 0 saturated heterocycles. The van der Waals surface area contributed by atoms with Gasteiger partial charge in [0.25, 0.3) is 5.69 Å². The molecule has 22 heavy (non-hydrogen) atoms. The lowest BCUT2D eigenvalue weighted by Crippen LogP contribution is -2.39. The Labute approximate surface area is 129 Å². The SMILES string of the molecule is CCOCCCNCc1c([O-])on[n+]1-c1ccc(OC)cc1. The second kappa shape index (κ2) is 8.35. The number of hydrogen-bond acceptors (Lipinski definition) is 6. The van der Waals surface area contributed by atoms with Gasteiger partial charge in [-0.2, -0.15) is 0 Å². The summed E-state index contributed by atoms with van der Waals surface area (Å²) >= 11 is 0. The summed E-state index contributed by atoms with van der Waals surface area (Å²) in [5, 5.41) is 18.8. The summed E-state index contributed by atoms with van der Waals surface area (Å²) in [6, 6.07) is 7.25. The van der Waals surface area contributed by atoms with E-state index in [1.54, 1.807) is 19.2 Å². The molecule has 1 aromatic heterocycles. The minimum atomic E-state index is -0.437. The van der Waals surface area contributed by atoms with Crippen molar-refractivity contribution in [1.82, 2.24) is 10.6 Å². The molecule has 2 rings (SSSR count). The Balaban J connectivity index is 1.98. The monoisotopic (exact) mass is 307 g/mol. The van der Waals surface area contributed by atoms with Crippen molar-refractivity contribution in [3.05, 3.63) is 30.0 Å². The zero-order valence-corrected chi connectivity index (χ0v) is 12.9. The first-order valence-corrected chi connectivity index (χ1v) is 7.27. The van der Waals surface area contributed by atoms with Gasteiger partial charge < -0.3 is 24.4 Å². The van der Waals surface area contributed by atoms with Crippen molar-refractivity contribution in [2.45, 2.75) is 19.9 Å². The smallest absolute Gasteiger partial charge is 0.253 e. The molecule has 1 aromatic carbocycles. The molecule has 0 saturated carbocycles. The van der Waals surface area contributed by atoms with Crippen LogP contribution in [0.25, 0.3) is 5.69 Å². The Morgan fingerprint density at radius 2 is 2.09 bits per heavy atom. The number of benzene rings is 1. The van der Waals surface area contributed by atoms with Crippen LogP contribution in [0.2, 0.25) is 0 Å². The standard InChI is InChI=1S/C15H21N3O4/c1-3-21-10-4-9-16-11-14-15(19)22-17-18(14)12-5-7-13(20-2)8-6-12/h5-8,16H,3-4,9-11H2,1-2H3. The summed E-state index contributed by atoms with van der Waals surface area (Å²) in [7, 11) is 1.60. The summed E-state index contributed by atoms with van der Waals surface area (Å²) in [6.45, 7) is 4.53. The van der Waals surface area contributed by atoms with E-state index in [1.807, 2.05) is 19.1 Å². The van der Waals surface area contributed by atoms with Gasteiger partial charge in [0.2, 0.25) is 5.69 Å². The molecule has 7 nitrogen and oxygen atoms in total. The molecule has 1 heterocycles. The third kappa shape index (κ3) is 4.19. The molecule has 1 N–H and O–H groups in total. The first-order chi connectivity index (χ1) is 10.8. The van der Waals surface area contributed by atoms with Crippen LogP contribution in [0.4, 0.5) is 0 Å². The Kier molecular flexibility index (Phi) is 6.17. The van der Waals surface area contributed by atoms with Gasteiger partial charge in [0.05, 0.1) is 18.9 Å². The van der Waals surface area contributed by atoms with Crippen molar-refractivity contribution in [3.63, 3.8) is 0 Å². The number of nitrogens with one attached hydrogen (secondary N) is 1. The summed E-state index contributed by atoms with van der Waals surface area (Å²) in [5.74, 6) is 0.305. The molecule has 0 unspecified atom stereocenters. The maximum absolute atomic E-state index is 11.8. The highest BCUT2D eigenvalue weighted by Crippen LogP contribution is 2.14. The molecule has 0 aliphatic heterocycles. The minimum absolute atomic E-state index is 0.389. The van der Waals surface area contributed by atoms with E-state index in [9.17, 15) is 5.11 Å². The summed E-state index contributed by atoms with van der Waals surface area (Å²) in [5.41, 5.74) is 1.21. The highest BCUT2D eigenvalue weighted by molar-refractivity contribution is 5.31. The van der Waals surface area contributed by atoms with Gasteiger partial charge in [0.15, 0.2) is 5.95 Å². The molecule has 0 aliphatic carbocycles. The third-order valence-corrected chi connectivity index (χ3v) is 3.15. The number of aromatic nitrogens is 2. The summed E-state index contributed by atoms with van der Waals surface area (Å²) in [6.07, 6.45) is 0.885. The van der Waals surface area contributed by atoms with Gasteiger partial charge in [-0.25, -0.2) is 0 Å². The predicted molar refractivity (Wildman–Crippen MR) is 76.8 cm³/mol. The quantitative estimate of drug-likeness (QED) is 0.538. The van der Waals surface area contributed by atoms with Gasteiger partial charge in [-0.3, -0.25) is 0 Å². The van der Waals surface area contributed by atoms with E-state index >= 15 is 0 Å². The van der Waals surface area contributed by atoms with Crippen molar-refractivity contribution in [1.29, 1.82) is 0 Å². The number of ether oxygens (including phenoxy) is 2. The van der Waals surface area contributed by atoms with Crippen LogP contribution in [0.1, 0.15) is 19.0 Å². The van der Waals surface area contributed by atoms with Crippen LogP contribution >= 0.6 is 0 Å². The van der Waals surface area contributed by atoms with Gasteiger partial charge in [-0.15, -0.1) is 0 Å². The minimum Gasteiger partial charge on any atom is -0.539 e. The zero-order chi connectivity index (χ0) is 15.8. The summed E-state index contributed by atoms with van der Waals surface area (Å²) in [4.78, 5) is 0. The molecule has 0 spiro atoms. The van der Waals surface area contributed by atoms with Crippen LogP contribution < -0.4 is 19.8 Å². The largest absolute Gasteiger partial charge is 0.539 e. The molecule has 120 valence electrons. The zero-order valence-electron chi connectivity index (χ0n) is 12.9. The van der Waals surface area contributed by atoms with Crippen molar-refractivity contribution in [2.75, 3.05) is 26.9 Å². The molecule has 0 aliphatic rings. The van der Waals surface area contributed by atoms with E-state index in [0.29, 0.717) is 25.5 Å². The topological polar surface area (TPSA) is 83.5 Å². The van der Waals surface area contributed by atoms with Crippen molar-refractivity contribution in [3.8, 4) is 17.4 Å². The second-order valence-corrected chi connectivity index (χ2v) is 4.64. The van der Waals surface area contributed by atoms with E-state index in [-0.39, 0.29) is 0 Å². The van der Waals surface area contributed by atoms with Crippen molar-refractivity contribution >= 4 is 0 Å². The number of methoxy groups -OCH3 is 1. The fourth-order valence-corrected chi connectivity index (χ4v) is 1.99. The second-order valence-electron chi connectivity index (χ2n) is 4.64. The van der Waals surface area contributed by atoms with Crippen LogP contribution in [-0.2, 0) is 11.3 Å². The average Bonchev–Trinajstić information content (AvgIpc) is 2.92. The third-order valence-electron chi connectivity index (χ3n) is 3.15. The molecule has 0 bridgehead atoms. The van der Waals surface area contributed by atoms with E-state index in [4.69, 9.17) is 14.0 Å².